The molecule has 0 spiro atoms. The quantitative estimate of drug-likeness (QED) is 0.503. The Morgan fingerprint density at radius 1 is 1.40 bits per heavy atom. The van der Waals surface area contributed by atoms with E-state index in [4.69, 9.17) is 0 Å². The predicted molar refractivity (Wildman–Crippen MR) is 40.2 cm³/mol. The van der Waals surface area contributed by atoms with Crippen LogP contribution in [0.4, 0.5) is 4.39 Å². The molecule has 0 aliphatic carbocycles. The Hall–Kier alpha value is -1.18. The van der Waals surface area contributed by atoms with Crippen LogP contribution in [-0.4, -0.2) is 4.98 Å². The average molecular weight is 139 g/mol. The van der Waals surface area contributed by atoms with Crippen molar-refractivity contribution in [3.05, 3.63) is 43.0 Å². The second-order valence-electron chi connectivity index (χ2n) is 1.62. The summed E-state index contributed by atoms with van der Waals surface area (Å²) >= 11 is 0. The maximum Gasteiger partial charge on any atom is 0.141 e. The van der Waals surface area contributed by atoms with Crippen LogP contribution in [0.5, 0.6) is 0 Å². The van der Waals surface area contributed by atoms with Gasteiger partial charge in [0.15, 0.2) is 0 Å². The molecule has 1 aromatic rings. The summed E-state index contributed by atoms with van der Waals surface area (Å²) in [7, 11) is 0. The van der Waals surface area contributed by atoms with Gasteiger partial charge in [0, 0.05) is 5.69 Å². The highest BCUT2D eigenvalue weighted by molar-refractivity contribution is 5.02. The molecular weight excluding hydrogens is 129 g/mol. The molecule has 0 saturated carbocycles. The molecular formula is C8H10FN. The van der Waals surface area contributed by atoms with Crippen LogP contribution < -0.4 is 0 Å². The van der Waals surface area contributed by atoms with Gasteiger partial charge in [-0.2, -0.15) is 0 Å². The third-order valence-corrected chi connectivity index (χ3v) is 0.875. The highest BCUT2D eigenvalue weighted by Gasteiger charge is 1.84. The fourth-order valence-electron chi connectivity index (χ4n) is 0.450. The highest BCUT2D eigenvalue weighted by Crippen LogP contribution is 1.94. The van der Waals surface area contributed by atoms with Crippen LogP contribution in [0.3, 0.4) is 0 Å². The van der Waals surface area contributed by atoms with Gasteiger partial charge < -0.3 is 0 Å². The van der Waals surface area contributed by atoms with Crippen molar-refractivity contribution in [1.82, 2.24) is 4.98 Å². The van der Waals surface area contributed by atoms with Gasteiger partial charge >= 0.3 is 0 Å². The van der Waals surface area contributed by atoms with E-state index in [0.717, 1.165) is 5.69 Å². The molecule has 2 heteroatoms. The summed E-state index contributed by atoms with van der Waals surface area (Å²) in [6.07, 6.45) is 1.20. The Bertz CT molecular complexity index is 160. The standard InChI is InChI=1S/C6H6FN.C2H4/c1-5-2-3-6(7)4-8-5;1-2/h2-4H,1H3;1-2H2. The molecule has 0 bridgehead atoms. The van der Waals surface area contributed by atoms with Crippen LogP contribution in [0.15, 0.2) is 31.5 Å². The van der Waals surface area contributed by atoms with Crippen LogP contribution in [0.2, 0.25) is 0 Å². The Morgan fingerprint density at radius 2 is 2.00 bits per heavy atom. The van der Waals surface area contributed by atoms with Crippen LogP contribution in [-0.2, 0) is 0 Å². The van der Waals surface area contributed by atoms with Gasteiger partial charge in [-0.1, -0.05) is 0 Å². The number of pyridine rings is 1. The molecule has 0 N–H and O–H groups in total. The Morgan fingerprint density at radius 3 is 2.30 bits per heavy atom. The number of hydrogen-bond donors (Lipinski definition) is 0. The van der Waals surface area contributed by atoms with E-state index < -0.39 is 0 Å². The number of aromatic nitrogens is 1. The van der Waals surface area contributed by atoms with Gasteiger partial charge in [-0.15, -0.1) is 13.2 Å². The van der Waals surface area contributed by atoms with E-state index in [-0.39, 0.29) is 5.82 Å². The van der Waals surface area contributed by atoms with E-state index in [9.17, 15) is 4.39 Å². The zero-order valence-electron chi connectivity index (χ0n) is 5.97. The lowest BCUT2D eigenvalue weighted by atomic mass is 10.4. The maximum atomic E-state index is 12.0. The smallest absolute Gasteiger partial charge is 0.141 e. The lowest BCUT2D eigenvalue weighted by Gasteiger charge is -1.86. The maximum absolute atomic E-state index is 12.0. The number of rotatable bonds is 0. The Balaban J connectivity index is 0.000000371. The monoisotopic (exact) mass is 139 g/mol. The van der Waals surface area contributed by atoms with Gasteiger partial charge in [0.05, 0.1) is 6.20 Å². The Kier molecular flexibility index (Phi) is 4.12. The molecule has 0 unspecified atom stereocenters. The molecule has 0 saturated heterocycles. The van der Waals surface area contributed by atoms with E-state index in [2.05, 4.69) is 18.1 Å². The molecule has 1 nitrogen and oxygen atoms in total. The van der Waals surface area contributed by atoms with Gasteiger partial charge in [0.1, 0.15) is 5.82 Å². The molecule has 10 heavy (non-hydrogen) atoms. The third-order valence-electron chi connectivity index (χ3n) is 0.875. The van der Waals surface area contributed by atoms with E-state index in [1.54, 1.807) is 6.07 Å². The van der Waals surface area contributed by atoms with E-state index in [1.165, 1.54) is 12.3 Å². The van der Waals surface area contributed by atoms with Gasteiger partial charge in [-0.05, 0) is 19.1 Å². The van der Waals surface area contributed by atoms with Crippen molar-refractivity contribution in [2.45, 2.75) is 6.92 Å². The van der Waals surface area contributed by atoms with Gasteiger partial charge in [0.25, 0.3) is 0 Å². The normalized spacial score (nSPS) is 7.80. The molecule has 0 radical (unpaired) electrons. The van der Waals surface area contributed by atoms with Crippen LogP contribution >= 0.6 is 0 Å². The summed E-state index contributed by atoms with van der Waals surface area (Å²) in [5.74, 6) is -0.282. The molecule has 1 rings (SSSR count). The van der Waals surface area contributed by atoms with Crippen LogP contribution in [0.1, 0.15) is 5.69 Å². The first-order valence-electron chi connectivity index (χ1n) is 2.87. The number of aryl methyl sites for hydroxylation is 1. The van der Waals surface area contributed by atoms with Crippen molar-refractivity contribution in [3.8, 4) is 0 Å². The van der Waals surface area contributed by atoms with E-state index >= 15 is 0 Å². The molecule has 0 fully saturated rings. The molecule has 0 aliphatic heterocycles. The second kappa shape index (κ2) is 4.68. The zero-order chi connectivity index (χ0) is 7.98. The summed E-state index contributed by atoms with van der Waals surface area (Å²) in [5.41, 5.74) is 0.839. The second-order valence-corrected chi connectivity index (χ2v) is 1.62. The minimum atomic E-state index is -0.282. The van der Waals surface area contributed by atoms with Crippen molar-refractivity contribution in [3.63, 3.8) is 0 Å². The van der Waals surface area contributed by atoms with Crippen LogP contribution in [0, 0.1) is 12.7 Å². The minimum Gasteiger partial charge on any atom is -0.259 e. The first kappa shape index (κ1) is 8.82. The molecule has 1 heterocycles. The predicted octanol–water partition coefficient (Wildman–Crippen LogP) is 2.33. The molecule has 1 aromatic heterocycles. The number of halogens is 1. The number of hydrogen-bond acceptors (Lipinski definition) is 1. The van der Waals surface area contributed by atoms with Crippen molar-refractivity contribution >= 4 is 0 Å². The molecule has 0 atom stereocenters. The van der Waals surface area contributed by atoms with Gasteiger partial charge in [-0.3, -0.25) is 4.98 Å². The topological polar surface area (TPSA) is 12.9 Å². The number of nitrogens with zero attached hydrogens (tertiary/aromatic N) is 1. The van der Waals surface area contributed by atoms with Crippen molar-refractivity contribution < 1.29 is 4.39 Å². The zero-order valence-corrected chi connectivity index (χ0v) is 5.97. The van der Waals surface area contributed by atoms with Crippen molar-refractivity contribution in [2.24, 2.45) is 0 Å². The summed E-state index contributed by atoms with van der Waals surface area (Å²) in [6, 6.07) is 3.03. The van der Waals surface area contributed by atoms with Crippen molar-refractivity contribution in [2.75, 3.05) is 0 Å². The highest BCUT2D eigenvalue weighted by atomic mass is 19.1. The summed E-state index contributed by atoms with van der Waals surface area (Å²) in [5, 5.41) is 0. The summed E-state index contributed by atoms with van der Waals surface area (Å²) in [4.78, 5) is 3.70. The first-order valence-corrected chi connectivity index (χ1v) is 2.87. The summed E-state index contributed by atoms with van der Waals surface area (Å²) in [6.45, 7) is 7.82. The molecule has 0 aliphatic rings. The average Bonchev–Trinajstić information content (AvgIpc) is 2.00. The van der Waals surface area contributed by atoms with Gasteiger partial charge in [0.2, 0.25) is 0 Å². The molecule has 54 valence electrons. The van der Waals surface area contributed by atoms with Gasteiger partial charge in [-0.25, -0.2) is 4.39 Å². The largest absolute Gasteiger partial charge is 0.259 e. The van der Waals surface area contributed by atoms with E-state index in [1.807, 2.05) is 6.92 Å². The fourth-order valence-corrected chi connectivity index (χ4v) is 0.450. The third kappa shape index (κ3) is 2.97. The van der Waals surface area contributed by atoms with Crippen LogP contribution in [0.25, 0.3) is 0 Å². The molecule has 0 amide bonds. The first-order chi connectivity index (χ1) is 4.79. The van der Waals surface area contributed by atoms with Crippen molar-refractivity contribution in [1.29, 1.82) is 0 Å². The SMILES string of the molecule is C=C.Cc1ccc(F)cn1. The van der Waals surface area contributed by atoms with E-state index in [0.29, 0.717) is 0 Å². The summed E-state index contributed by atoms with van der Waals surface area (Å²) < 4.78 is 12.0. The minimum absolute atomic E-state index is 0.282. The lowest BCUT2D eigenvalue weighted by molar-refractivity contribution is 0.620. The Labute approximate surface area is 60.2 Å². The fraction of sp³-hybridized carbons (Fsp3) is 0.125. The molecule has 0 aromatic carbocycles. The lowest BCUT2D eigenvalue weighted by Crippen LogP contribution is -1.79.